The van der Waals surface area contributed by atoms with Crippen LogP contribution in [0.4, 0.5) is 0 Å². The number of hydrogen-bond donors (Lipinski definition) is 2. The Balaban J connectivity index is 0.00000304. The van der Waals surface area contributed by atoms with E-state index in [0.29, 0.717) is 43.6 Å². The van der Waals surface area contributed by atoms with Crippen LogP contribution >= 0.6 is 0 Å². The molecule has 0 amide bonds. The summed E-state index contributed by atoms with van der Waals surface area (Å²) < 4.78 is 45.2. The topological polar surface area (TPSA) is 116 Å². The molecule has 36 heavy (non-hydrogen) atoms. The Labute approximate surface area is 239 Å². The van der Waals surface area contributed by atoms with Crippen molar-refractivity contribution in [3.8, 4) is 0 Å². The number of fused-ring (bicyclic) bond motifs is 1. The van der Waals surface area contributed by atoms with Crippen LogP contribution in [0.2, 0.25) is 0 Å². The molecule has 0 aromatic heterocycles. The smallest absolute Gasteiger partial charge is 0.726 e. The predicted octanol–water partition coefficient (Wildman–Crippen LogP) is 1.18. The molecule has 1 spiro atoms. The van der Waals surface area contributed by atoms with Crippen LogP contribution in [0.3, 0.4) is 0 Å². The zero-order valence-corrected chi connectivity index (χ0v) is 25.7. The molecule has 4 saturated carbocycles. The molecule has 5 fully saturated rings. The van der Waals surface area contributed by atoms with E-state index in [4.69, 9.17) is 8.92 Å². The third kappa shape index (κ3) is 4.41. The minimum absolute atomic E-state index is 0. The monoisotopic (exact) mass is 536 g/mol. The van der Waals surface area contributed by atoms with Gasteiger partial charge in [-0.25, -0.2) is 8.42 Å². The molecule has 0 aromatic carbocycles. The first-order valence-electron chi connectivity index (χ1n) is 14.0. The molecule has 1 unspecified atom stereocenters. The normalized spacial score (nSPS) is 48.6. The summed E-state index contributed by atoms with van der Waals surface area (Å²) in [6, 6.07) is 0. The van der Waals surface area contributed by atoms with Gasteiger partial charge >= 0.3 is 29.6 Å². The third-order valence-electron chi connectivity index (χ3n) is 11.6. The van der Waals surface area contributed by atoms with Gasteiger partial charge in [-0.05, 0) is 73.5 Å². The van der Waals surface area contributed by atoms with Gasteiger partial charge in [-0.15, -0.1) is 0 Å². The number of ether oxygens (including phenoxy) is 1. The van der Waals surface area contributed by atoms with E-state index in [0.717, 1.165) is 25.2 Å². The fraction of sp³-hybridized carbons (Fsp3) is 1.00. The molecule has 1 aliphatic heterocycles. The van der Waals surface area contributed by atoms with Crippen LogP contribution in [-0.4, -0.2) is 53.2 Å². The van der Waals surface area contributed by atoms with Gasteiger partial charge in [-0.2, -0.15) is 0 Å². The summed E-state index contributed by atoms with van der Waals surface area (Å²) >= 11 is 0. The van der Waals surface area contributed by atoms with Crippen molar-refractivity contribution in [3.05, 3.63) is 0 Å². The second kappa shape index (κ2) is 9.99. The second-order valence-electron chi connectivity index (χ2n) is 13.5. The summed E-state index contributed by atoms with van der Waals surface area (Å²) in [6.07, 6.45) is 7.49. The van der Waals surface area contributed by atoms with Crippen molar-refractivity contribution in [1.82, 2.24) is 0 Å². The van der Waals surface area contributed by atoms with E-state index in [9.17, 15) is 23.2 Å². The van der Waals surface area contributed by atoms with Gasteiger partial charge in [0.1, 0.15) is 5.60 Å². The minimum Gasteiger partial charge on any atom is -0.726 e. The van der Waals surface area contributed by atoms with Crippen molar-refractivity contribution in [2.75, 3.05) is 6.61 Å². The molecule has 1 heterocycles. The molecule has 4 aliphatic carbocycles. The summed E-state index contributed by atoms with van der Waals surface area (Å²) in [6.45, 7) is 9.87. The van der Waals surface area contributed by atoms with Gasteiger partial charge in [-0.1, -0.05) is 47.0 Å². The van der Waals surface area contributed by atoms with Crippen LogP contribution in [0.25, 0.3) is 0 Å². The summed E-state index contributed by atoms with van der Waals surface area (Å²) in [7, 11) is -4.87. The van der Waals surface area contributed by atoms with Crippen molar-refractivity contribution in [2.24, 2.45) is 40.4 Å². The van der Waals surface area contributed by atoms with Crippen molar-refractivity contribution in [3.63, 3.8) is 0 Å². The Morgan fingerprint density at radius 1 is 1.06 bits per heavy atom. The van der Waals surface area contributed by atoms with E-state index in [1.807, 2.05) is 0 Å². The average Bonchev–Trinajstić information content (AvgIpc) is 3.23. The summed E-state index contributed by atoms with van der Waals surface area (Å²) in [5, 5.41) is 23.3. The molecular formula is C27H45NaO7S. The summed E-state index contributed by atoms with van der Waals surface area (Å²) in [5.41, 5.74) is -2.37. The van der Waals surface area contributed by atoms with Gasteiger partial charge in [0.25, 0.3) is 0 Å². The van der Waals surface area contributed by atoms with Crippen LogP contribution in [0.1, 0.15) is 98.3 Å². The first-order chi connectivity index (χ1) is 16.3. The minimum atomic E-state index is -4.87. The van der Waals surface area contributed by atoms with E-state index in [1.54, 1.807) is 0 Å². The van der Waals surface area contributed by atoms with E-state index in [-0.39, 0.29) is 47.3 Å². The molecule has 2 bridgehead atoms. The number of aliphatic hydroxyl groups excluding tert-OH is 1. The Morgan fingerprint density at radius 3 is 2.44 bits per heavy atom. The molecule has 2 N–H and O–H groups in total. The van der Waals surface area contributed by atoms with Crippen molar-refractivity contribution < 1.29 is 61.7 Å². The van der Waals surface area contributed by atoms with Crippen LogP contribution in [0.15, 0.2) is 0 Å². The van der Waals surface area contributed by atoms with Crippen molar-refractivity contribution in [1.29, 1.82) is 0 Å². The Hall–Kier alpha value is 0.750. The van der Waals surface area contributed by atoms with E-state index in [2.05, 4.69) is 27.7 Å². The van der Waals surface area contributed by atoms with Crippen LogP contribution in [0.5, 0.6) is 0 Å². The number of hydrogen-bond acceptors (Lipinski definition) is 7. The quantitative estimate of drug-likeness (QED) is 0.285. The fourth-order valence-electron chi connectivity index (χ4n) is 10.2. The zero-order chi connectivity index (χ0) is 25.4. The average molecular weight is 537 g/mol. The maximum absolute atomic E-state index is 11.9. The van der Waals surface area contributed by atoms with Gasteiger partial charge in [-0.3, -0.25) is 4.18 Å². The molecule has 5 aliphatic rings. The molecule has 9 heteroatoms. The maximum atomic E-state index is 11.9. The van der Waals surface area contributed by atoms with E-state index in [1.165, 1.54) is 25.7 Å². The van der Waals surface area contributed by atoms with Crippen LogP contribution < -0.4 is 29.6 Å². The molecule has 5 rings (SSSR count). The van der Waals surface area contributed by atoms with Gasteiger partial charge in [0, 0.05) is 18.3 Å². The Kier molecular flexibility index (Phi) is 8.25. The molecule has 0 aromatic rings. The van der Waals surface area contributed by atoms with Gasteiger partial charge in [0.2, 0.25) is 10.4 Å². The fourth-order valence-corrected chi connectivity index (χ4v) is 10.7. The van der Waals surface area contributed by atoms with Crippen molar-refractivity contribution >= 4 is 10.4 Å². The molecule has 1 saturated heterocycles. The van der Waals surface area contributed by atoms with E-state index >= 15 is 0 Å². The predicted molar refractivity (Wildman–Crippen MR) is 130 cm³/mol. The Morgan fingerprint density at radius 2 is 1.78 bits per heavy atom. The molecular weight excluding hydrogens is 491 g/mol. The SMILES string of the molecule is CC(C)CCC[C@@H](C)[C@H]1CC[C@@H]2[C@]1(C)CC[C@H]1[C@@]23C[C@@H](O)[C@@]2(O)CC(OS(=O)(=O)[O-])CC[C@]12CO3.[Na+]. The maximum Gasteiger partial charge on any atom is 1.00 e. The van der Waals surface area contributed by atoms with Crippen molar-refractivity contribution in [2.45, 2.75) is 122 Å². The Bertz CT molecular complexity index is 929. The van der Waals surface area contributed by atoms with Gasteiger partial charge in [0.15, 0.2) is 0 Å². The third-order valence-corrected chi connectivity index (χ3v) is 12.1. The first kappa shape index (κ1) is 29.7. The van der Waals surface area contributed by atoms with Crippen LogP contribution in [0, 0.1) is 40.4 Å². The molecule has 7 nitrogen and oxygen atoms in total. The second-order valence-corrected chi connectivity index (χ2v) is 14.6. The largest absolute Gasteiger partial charge is 1.00 e. The summed E-state index contributed by atoms with van der Waals surface area (Å²) in [4.78, 5) is 0. The standard InChI is InChI=1S/C27H46O7S.Na/c1-17(2)6-5-7-18(3)20-8-9-21-24(20,4)12-11-22-25-13-10-19(34-35(30,31)32)14-27(25,29)23(28)15-26(21,22)33-16-25;/h17-23,28-29H,5-16H2,1-4H3,(H,30,31,32);/q;+1/p-1/t18-,19?,20-,21-,22-,23-,24-,25+,26-,27+;/m1./s1. The number of aliphatic hydroxyl groups is 2. The molecule has 10 atom stereocenters. The number of rotatable bonds is 7. The van der Waals surface area contributed by atoms with Crippen LogP contribution in [-0.2, 0) is 19.3 Å². The molecule has 202 valence electrons. The van der Waals surface area contributed by atoms with Gasteiger partial charge < -0.3 is 19.5 Å². The van der Waals surface area contributed by atoms with Gasteiger partial charge in [0.05, 0.1) is 24.4 Å². The summed E-state index contributed by atoms with van der Waals surface area (Å²) in [5.74, 6) is 2.56. The van der Waals surface area contributed by atoms with E-state index < -0.39 is 39.2 Å². The zero-order valence-electron chi connectivity index (χ0n) is 22.9. The first-order valence-corrected chi connectivity index (χ1v) is 15.3. The molecule has 0 radical (unpaired) electrons.